The number of carboxylic acids is 1. The zero-order valence-electron chi connectivity index (χ0n) is 13.4. The molecule has 0 bridgehead atoms. The van der Waals surface area contributed by atoms with E-state index in [2.05, 4.69) is 5.16 Å². The summed E-state index contributed by atoms with van der Waals surface area (Å²) < 4.78 is 0. The largest absolute Gasteiger partial charge is 0.478 e. The minimum Gasteiger partial charge on any atom is -0.478 e. The highest BCUT2D eigenvalue weighted by atomic mass is 35.5. The third-order valence-corrected chi connectivity index (χ3v) is 5.44. The van der Waals surface area contributed by atoms with Crippen molar-refractivity contribution < 1.29 is 14.7 Å². The summed E-state index contributed by atoms with van der Waals surface area (Å²) in [6.45, 7) is 3.64. The fraction of sp³-hybridized carbons (Fsp3) is 0.222. The standard InChI is InChI=1S/C18H14Cl3NO3/c1-9-5-10(3-4-12(9)17(23)24)15-8-18(2,25-22-15)11-6-13(19)16(21)14(20)7-11/h3-7H,8H2,1-2H3,(H,23,24)/t18-/m0/s1. The van der Waals surface area contributed by atoms with Gasteiger partial charge in [-0.1, -0.05) is 46.0 Å². The molecule has 0 saturated carbocycles. The number of hydrogen-bond donors (Lipinski definition) is 1. The van der Waals surface area contributed by atoms with Crippen LogP contribution in [0.3, 0.4) is 0 Å². The number of hydrogen-bond acceptors (Lipinski definition) is 3. The quantitative estimate of drug-likeness (QED) is 0.675. The number of benzene rings is 2. The highest BCUT2D eigenvalue weighted by molar-refractivity contribution is 6.48. The summed E-state index contributed by atoms with van der Waals surface area (Å²) in [6.07, 6.45) is 0.493. The fourth-order valence-electron chi connectivity index (χ4n) is 2.79. The highest BCUT2D eigenvalue weighted by Crippen LogP contribution is 2.41. The summed E-state index contributed by atoms with van der Waals surface area (Å²) in [6, 6.07) is 8.52. The van der Waals surface area contributed by atoms with Gasteiger partial charge in [-0.15, -0.1) is 0 Å². The van der Waals surface area contributed by atoms with Gasteiger partial charge in [0.25, 0.3) is 0 Å². The van der Waals surface area contributed by atoms with Gasteiger partial charge in [-0.25, -0.2) is 4.79 Å². The topological polar surface area (TPSA) is 58.9 Å². The van der Waals surface area contributed by atoms with Crippen molar-refractivity contribution in [2.75, 3.05) is 0 Å². The number of rotatable bonds is 3. The van der Waals surface area contributed by atoms with Gasteiger partial charge < -0.3 is 9.94 Å². The predicted octanol–water partition coefficient (Wildman–Crippen LogP) is 5.69. The van der Waals surface area contributed by atoms with E-state index >= 15 is 0 Å². The van der Waals surface area contributed by atoms with Crippen LogP contribution >= 0.6 is 34.8 Å². The summed E-state index contributed by atoms with van der Waals surface area (Å²) in [7, 11) is 0. The van der Waals surface area contributed by atoms with Gasteiger partial charge in [-0.05, 0) is 49.2 Å². The first-order valence-corrected chi connectivity index (χ1v) is 8.59. The maximum Gasteiger partial charge on any atom is 0.335 e. The van der Waals surface area contributed by atoms with Crippen LogP contribution in [-0.4, -0.2) is 16.8 Å². The Morgan fingerprint density at radius 1 is 1.20 bits per heavy atom. The molecule has 0 amide bonds. The normalized spacial score (nSPS) is 19.5. The zero-order chi connectivity index (χ0) is 18.4. The van der Waals surface area contributed by atoms with Crippen molar-refractivity contribution in [2.45, 2.75) is 25.9 Å². The number of carboxylic acid groups (broad SMARTS) is 1. The minimum absolute atomic E-state index is 0.266. The van der Waals surface area contributed by atoms with E-state index in [1.807, 2.05) is 6.92 Å². The second-order valence-electron chi connectivity index (χ2n) is 6.13. The molecular formula is C18H14Cl3NO3. The van der Waals surface area contributed by atoms with Gasteiger partial charge in [0.1, 0.15) is 0 Å². The molecule has 4 nitrogen and oxygen atoms in total. The summed E-state index contributed by atoms with van der Waals surface area (Å²) in [5, 5.41) is 14.3. The molecule has 130 valence electrons. The number of carbonyl (C=O) groups is 1. The second-order valence-corrected chi connectivity index (χ2v) is 7.32. The van der Waals surface area contributed by atoms with Crippen LogP contribution in [0.15, 0.2) is 35.5 Å². The Kier molecular flexibility index (Phi) is 4.71. The molecular weight excluding hydrogens is 385 g/mol. The zero-order valence-corrected chi connectivity index (χ0v) is 15.7. The van der Waals surface area contributed by atoms with E-state index < -0.39 is 11.6 Å². The van der Waals surface area contributed by atoms with Gasteiger partial charge in [0.05, 0.1) is 26.3 Å². The molecule has 1 atom stereocenters. The van der Waals surface area contributed by atoms with Crippen LogP contribution in [0, 0.1) is 6.92 Å². The Labute approximate surface area is 160 Å². The third kappa shape index (κ3) is 3.34. The first kappa shape index (κ1) is 18.1. The molecule has 0 aromatic heterocycles. The van der Waals surface area contributed by atoms with Crippen LogP contribution in [0.4, 0.5) is 0 Å². The molecule has 0 radical (unpaired) electrons. The molecule has 1 aliphatic heterocycles. The van der Waals surface area contributed by atoms with Crippen LogP contribution in [-0.2, 0) is 10.4 Å². The first-order valence-electron chi connectivity index (χ1n) is 7.45. The molecule has 0 saturated heterocycles. The van der Waals surface area contributed by atoms with Gasteiger partial charge in [-0.3, -0.25) is 0 Å². The third-order valence-electron chi connectivity index (χ3n) is 4.25. The molecule has 2 aromatic carbocycles. The Hall–Kier alpha value is -1.75. The molecule has 0 aliphatic carbocycles. The molecule has 3 rings (SSSR count). The predicted molar refractivity (Wildman–Crippen MR) is 99.2 cm³/mol. The molecule has 1 aliphatic rings. The van der Waals surface area contributed by atoms with E-state index in [0.717, 1.165) is 16.8 Å². The first-order chi connectivity index (χ1) is 11.7. The van der Waals surface area contributed by atoms with E-state index in [1.165, 1.54) is 0 Å². The summed E-state index contributed by atoms with van der Waals surface area (Å²) in [4.78, 5) is 16.8. The molecule has 2 aromatic rings. The van der Waals surface area contributed by atoms with Crippen molar-refractivity contribution in [3.8, 4) is 0 Å². The lowest BCUT2D eigenvalue weighted by Crippen LogP contribution is -2.22. The van der Waals surface area contributed by atoms with Crippen molar-refractivity contribution in [1.29, 1.82) is 0 Å². The summed E-state index contributed by atoms with van der Waals surface area (Å²) >= 11 is 18.2. The molecule has 0 unspecified atom stereocenters. The molecule has 25 heavy (non-hydrogen) atoms. The molecule has 7 heteroatoms. The summed E-state index contributed by atoms with van der Waals surface area (Å²) in [5.41, 5.74) is 2.51. The van der Waals surface area contributed by atoms with E-state index in [-0.39, 0.29) is 5.56 Å². The van der Waals surface area contributed by atoms with Crippen LogP contribution in [0.5, 0.6) is 0 Å². The van der Waals surface area contributed by atoms with Crippen molar-refractivity contribution in [2.24, 2.45) is 5.16 Å². The van der Waals surface area contributed by atoms with E-state index in [9.17, 15) is 4.79 Å². The molecule has 1 N–H and O–H groups in total. The lowest BCUT2D eigenvalue weighted by molar-refractivity contribution is -0.00737. The molecule has 0 fully saturated rings. The number of halogens is 3. The van der Waals surface area contributed by atoms with Crippen molar-refractivity contribution >= 4 is 46.5 Å². The van der Waals surface area contributed by atoms with Gasteiger partial charge in [0.15, 0.2) is 5.60 Å². The Morgan fingerprint density at radius 2 is 1.84 bits per heavy atom. The van der Waals surface area contributed by atoms with Crippen molar-refractivity contribution in [3.63, 3.8) is 0 Å². The number of aryl methyl sites for hydroxylation is 1. The number of nitrogens with zero attached hydrogens (tertiary/aromatic N) is 1. The smallest absolute Gasteiger partial charge is 0.335 e. The molecule has 1 heterocycles. The van der Waals surface area contributed by atoms with Gasteiger partial charge >= 0.3 is 5.97 Å². The SMILES string of the molecule is Cc1cc(C2=NO[C@](C)(c3cc(Cl)c(Cl)c(Cl)c3)C2)ccc1C(=O)O. The number of aromatic carboxylic acids is 1. The van der Waals surface area contributed by atoms with Crippen molar-refractivity contribution in [3.05, 3.63) is 67.7 Å². The van der Waals surface area contributed by atoms with Crippen LogP contribution in [0.25, 0.3) is 0 Å². The summed E-state index contributed by atoms with van der Waals surface area (Å²) in [5.74, 6) is -0.955. The monoisotopic (exact) mass is 397 g/mol. The lowest BCUT2D eigenvalue weighted by atomic mass is 9.88. The van der Waals surface area contributed by atoms with E-state index in [4.69, 9.17) is 44.7 Å². The van der Waals surface area contributed by atoms with Gasteiger partial charge in [0.2, 0.25) is 0 Å². The Morgan fingerprint density at radius 3 is 2.40 bits per heavy atom. The molecule has 0 spiro atoms. The van der Waals surface area contributed by atoms with Crippen molar-refractivity contribution in [1.82, 2.24) is 0 Å². The minimum atomic E-state index is -0.955. The second kappa shape index (κ2) is 6.52. The number of oxime groups is 1. The van der Waals surface area contributed by atoms with E-state index in [1.54, 1.807) is 37.3 Å². The van der Waals surface area contributed by atoms with E-state index in [0.29, 0.717) is 27.1 Å². The average molecular weight is 399 g/mol. The fourth-order valence-corrected chi connectivity index (χ4v) is 3.39. The Bertz CT molecular complexity index is 887. The van der Waals surface area contributed by atoms with Gasteiger partial charge in [-0.2, -0.15) is 0 Å². The average Bonchev–Trinajstić information content (AvgIpc) is 2.95. The maximum absolute atomic E-state index is 11.1. The Balaban J connectivity index is 1.90. The maximum atomic E-state index is 11.1. The highest BCUT2D eigenvalue weighted by Gasteiger charge is 2.37. The lowest BCUT2D eigenvalue weighted by Gasteiger charge is -2.22. The van der Waals surface area contributed by atoms with Crippen LogP contribution in [0.2, 0.25) is 15.1 Å². The van der Waals surface area contributed by atoms with Crippen LogP contribution in [0.1, 0.15) is 40.4 Å². The van der Waals surface area contributed by atoms with Crippen LogP contribution < -0.4 is 0 Å². The van der Waals surface area contributed by atoms with Gasteiger partial charge in [0, 0.05) is 12.0 Å².